The Hall–Kier alpha value is -0.500. The number of halogens is 1. The molecule has 0 spiro atoms. The van der Waals surface area contributed by atoms with E-state index in [1.54, 1.807) is 0 Å². The first-order valence-electron chi connectivity index (χ1n) is 6.71. The lowest BCUT2D eigenvalue weighted by Gasteiger charge is -2.28. The quantitative estimate of drug-likeness (QED) is 0.717. The lowest BCUT2D eigenvalue weighted by molar-refractivity contribution is 0.556. The zero-order chi connectivity index (χ0) is 12.1. The first kappa shape index (κ1) is 12.9. The van der Waals surface area contributed by atoms with Crippen molar-refractivity contribution in [3.63, 3.8) is 0 Å². The molecule has 1 nitrogen and oxygen atoms in total. The Morgan fingerprint density at radius 1 is 1.06 bits per heavy atom. The van der Waals surface area contributed by atoms with Crippen molar-refractivity contribution in [3.8, 4) is 0 Å². The van der Waals surface area contributed by atoms with Crippen molar-refractivity contribution in [3.05, 3.63) is 29.3 Å². The molecule has 2 heteroatoms. The average Bonchev–Trinajstić information content (AvgIpc) is 2.29. The van der Waals surface area contributed by atoms with Crippen LogP contribution in [-0.4, -0.2) is 13.1 Å². The van der Waals surface area contributed by atoms with Crippen molar-refractivity contribution in [2.24, 2.45) is 0 Å². The standard InChI is InChI=1S/C15H22BrN/c1-13-11-14(12-16)7-8-15(13)17-9-5-3-2-4-6-10-17/h7-8,11H,2-6,9-10,12H2,1H3. The van der Waals surface area contributed by atoms with E-state index in [1.165, 1.54) is 62.0 Å². The van der Waals surface area contributed by atoms with Crippen molar-refractivity contribution in [2.45, 2.75) is 44.4 Å². The van der Waals surface area contributed by atoms with Gasteiger partial charge < -0.3 is 4.90 Å². The van der Waals surface area contributed by atoms with Gasteiger partial charge in [-0.3, -0.25) is 0 Å². The highest BCUT2D eigenvalue weighted by atomic mass is 79.9. The lowest BCUT2D eigenvalue weighted by Crippen LogP contribution is -2.27. The van der Waals surface area contributed by atoms with E-state index < -0.39 is 0 Å². The normalized spacial score (nSPS) is 17.6. The summed E-state index contributed by atoms with van der Waals surface area (Å²) in [6, 6.07) is 6.85. The number of benzene rings is 1. The van der Waals surface area contributed by atoms with Gasteiger partial charge in [0.15, 0.2) is 0 Å². The molecule has 94 valence electrons. The summed E-state index contributed by atoms with van der Waals surface area (Å²) in [6.45, 7) is 4.70. The van der Waals surface area contributed by atoms with Gasteiger partial charge in [-0.2, -0.15) is 0 Å². The molecule has 1 aliphatic heterocycles. The Balaban J connectivity index is 2.13. The number of nitrogens with zero attached hydrogens (tertiary/aromatic N) is 1. The Morgan fingerprint density at radius 3 is 2.29 bits per heavy atom. The fourth-order valence-corrected chi connectivity index (χ4v) is 2.99. The van der Waals surface area contributed by atoms with Gasteiger partial charge >= 0.3 is 0 Å². The van der Waals surface area contributed by atoms with Crippen LogP contribution in [0, 0.1) is 6.92 Å². The number of alkyl halides is 1. The van der Waals surface area contributed by atoms with Crippen LogP contribution in [0.2, 0.25) is 0 Å². The molecule has 1 aliphatic rings. The molecule has 17 heavy (non-hydrogen) atoms. The number of rotatable bonds is 2. The van der Waals surface area contributed by atoms with Crippen LogP contribution in [0.3, 0.4) is 0 Å². The molecule has 1 heterocycles. The van der Waals surface area contributed by atoms with Crippen LogP contribution in [0.4, 0.5) is 5.69 Å². The van der Waals surface area contributed by atoms with Crippen LogP contribution in [0.1, 0.15) is 43.2 Å². The van der Waals surface area contributed by atoms with Gasteiger partial charge in [-0.25, -0.2) is 0 Å². The van der Waals surface area contributed by atoms with Gasteiger partial charge in [-0.05, 0) is 37.0 Å². The van der Waals surface area contributed by atoms with Crippen LogP contribution in [-0.2, 0) is 5.33 Å². The number of aryl methyl sites for hydroxylation is 1. The molecule has 0 saturated carbocycles. The summed E-state index contributed by atoms with van der Waals surface area (Å²) in [4.78, 5) is 2.58. The first-order valence-corrected chi connectivity index (χ1v) is 7.84. The molecular weight excluding hydrogens is 274 g/mol. The van der Waals surface area contributed by atoms with Gasteiger partial charge in [0.1, 0.15) is 0 Å². The highest BCUT2D eigenvalue weighted by Crippen LogP contribution is 2.24. The predicted molar refractivity (Wildman–Crippen MR) is 79.1 cm³/mol. The van der Waals surface area contributed by atoms with E-state index in [1.807, 2.05) is 0 Å². The maximum atomic E-state index is 3.52. The number of hydrogen-bond donors (Lipinski definition) is 0. The molecule has 0 radical (unpaired) electrons. The van der Waals surface area contributed by atoms with Crippen molar-refractivity contribution in [1.29, 1.82) is 0 Å². The first-order chi connectivity index (χ1) is 8.31. The maximum Gasteiger partial charge on any atom is 0.0396 e. The van der Waals surface area contributed by atoms with Gasteiger partial charge in [0.25, 0.3) is 0 Å². The van der Waals surface area contributed by atoms with Gasteiger partial charge in [-0.15, -0.1) is 0 Å². The Kier molecular flexibility index (Phi) is 4.90. The van der Waals surface area contributed by atoms with Gasteiger partial charge in [0.2, 0.25) is 0 Å². The van der Waals surface area contributed by atoms with Crippen molar-refractivity contribution in [1.82, 2.24) is 0 Å². The summed E-state index contributed by atoms with van der Waals surface area (Å²) >= 11 is 3.52. The molecular formula is C15H22BrN. The minimum Gasteiger partial charge on any atom is -0.371 e. The Labute approximate surface area is 113 Å². The van der Waals surface area contributed by atoms with Crippen LogP contribution >= 0.6 is 15.9 Å². The van der Waals surface area contributed by atoms with Crippen molar-refractivity contribution >= 4 is 21.6 Å². The Morgan fingerprint density at radius 2 is 1.71 bits per heavy atom. The topological polar surface area (TPSA) is 3.24 Å². The zero-order valence-electron chi connectivity index (χ0n) is 10.7. The van der Waals surface area contributed by atoms with E-state index in [9.17, 15) is 0 Å². The van der Waals surface area contributed by atoms with Gasteiger partial charge in [-0.1, -0.05) is 47.3 Å². The summed E-state index contributed by atoms with van der Waals surface area (Å²) in [5.41, 5.74) is 4.23. The summed E-state index contributed by atoms with van der Waals surface area (Å²) in [7, 11) is 0. The monoisotopic (exact) mass is 295 g/mol. The molecule has 0 N–H and O–H groups in total. The zero-order valence-corrected chi connectivity index (χ0v) is 12.3. The summed E-state index contributed by atoms with van der Waals surface area (Å²) < 4.78 is 0. The summed E-state index contributed by atoms with van der Waals surface area (Å²) in [5, 5.41) is 0.952. The molecule has 1 fully saturated rings. The van der Waals surface area contributed by atoms with Crippen LogP contribution in [0.25, 0.3) is 0 Å². The number of anilines is 1. The molecule has 0 atom stereocenters. The molecule has 0 aliphatic carbocycles. The molecule has 0 bridgehead atoms. The minimum absolute atomic E-state index is 0.952. The maximum absolute atomic E-state index is 3.52. The van der Waals surface area contributed by atoms with Crippen molar-refractivity contribution in [2.75, 3.05) is 18.0 Å². The molecule has 1 aromatic carbocycles. The SMILES string of the molecule is Cc1cc(CBr)ccc1N1CCCCCCC1. The van der Waals surface area contributed by atoms with E-state index in [0.29, 0.717) is 0 Å². The van der Waals surface area contributed by atoms with E-state index >= 15 is 0 Å². The summed E-state index contributed by atoms with van der Waals surface area (Å²) in [5.74, 6) is 0. The molecule has 1 saturated heterocycles. The molecule has 0 amide bonds. The van der Waals surface area contributed by atoms with E-state index in [-0.39, 0.29) is 0 Å². The molecule has 0 unspecified atom stereocenters. The fourth-order valence-electron chi connectivity index (χ4n) is 2.64. The van der Waals surface area contributed by atoms with Crippen molar-refractivity contribution < 1.29 is 0 Å². The van der Waals surface area contributed by atoms with Crippen LogP contribution < -0.4 is 4.90 Å². The third kappa shape index (κ3) is 3.48. The number of hydrogen-bond acceptors (Lipinski definition) is 1. The van der Waals surface area contributed by atoms with Gasteiger partial charge in [0.05, 0.1) is 0 Å². The summed E-state index contributed by atoms with van der Waals surface area (Å²) in [6.07, 6.45) is 6.92. The molecule has 1 aromatic rings. The second-order valence-corrected chi connectivity index (χ2v) is 5.57. The Bertz CT molecular complexity index is 354. The predicted octanol–water partition coefficient (Wildman–Crippen LogP) is 4.66. The average molecular weight is 296 g/mol. The second kappa shape index (κ2) is 6.44. The van der Waals surface area contributed by atoms with E-state index in [4.69, 9.17) is 0 Å². The smallest absolute Gasteiger partial charge is 0.0396 e. The van der Waals surface area contributed by atoms with E-state index in [2.05, 4.69) is 46.0 Å². The highest BCUT2D eigenvalue weighted by molar-refractivity contribution is 9.08. The highest BCUT2D eigenvalue weighted by Gasteiger charge is 2.11. The van der Waals surface area contributed by atoms with Crippen LogP contribution in [0.15, 0.2) is 18.2 Å². The second-order valence-electron chi connectivity index (χ2n) is 5.01. The lowest BCUT2D eigenvalue weighted by atomic mass is 10.1. The third-order valence-corrected chi connectivity index (χ3v) is 4.26. The molecule has 2 rings (SSSR count). The van der Waals surface area contributed by atoms with Gasteiger partial charge in [0, 0.05) is 24.1 Å². The third-order valence-electron chi connectivity index (χ3n) is 3.61. The largest absolute Gasteiger partial charge is 0.371 e. The molecule has 0 aromatic heterocycles. The van der Waals surface area contributed by atoms with E-state index in [0.717, 1.165) is 5.33 Å². The van der Waals surface area contributed by atoms with Crippen LogP contribution in [0.5, 0.6) is 0 Å². The fraction of sp³-hybridized carbons (Fsp3) is 0.600. The minimum atomic E-state index is 0.952.